The highest BCUT2D eigenvalue weighted by molar-refractivity contribution is 5.86. The first-order valence-electron chi connectivity index (χ1n) is 17.9. The summed E-state index contributed by atoms with van der Waals surface area (Å²) in [5.41, 5.74) is -0.369. The van der Waals surface area contributed by atoms with Crippen LogP contribution in [0.5, 0.6) is 0 Å². The van der Waals surface area contributed by atoms with Gasteiger partial charge in [-0.15, -0.1) is 0 Å². The molecule has 15 heteroatoms. The number of aliphatic hydroxyl groups is 6. The molecule has 6 N–H and O–H groups in total. The maximum Gasteiger partial charge on any atom is 0.186 e. The van der Waals surface area contributed by atoms with Crippen LogP contribution in [-0.4, -0.2) is 153 Å². The topological polar surface area (TPSA) is 230 Å². The van der Waals surface area contributed by atoms with Crippen molar-refractivity contribution in [2.75, 3.05) is 32.8 Å². The highest BCUT2D eigenvalue weighted by Crippen LogP contribution is 2.23. The molecule has 2 aliphatic rings. The van der Waals surface area contributed by atoms with E-state index in [0.29, 0.717) is 12.8 Å². The molecule has 0 unspecified atom stereocenters. The molecular weight excluding hydrogens is 658 g/mol. The number of carbonyl (C=O) groups excluding carboxylic acids is 4. The first kappa shape index (κ1) is 44.4. The lowest BCUT2D eigenvalue weighted by atomic mass is 9.88. The van der Waals surface area contributed by atoms with E-state index in [9.17, 15) is 49.8 Å². The van der Waals surface area contributed by atoms with Gasteiger partial charge in [0.05, 0.1) is 45.1 Å². The van der Waals surface area contributed by atoms with Crippen molar-refractivity contribution in [2.24, 2.45) is 5.41 Å². The van der Waals surface area contributed by atoms with Crippen molar-refractivity contribution in [3.05, 3.63) is 0 Å². The molecule has 2 aliphatic heterocycles. The molecule has 0 spiro atoms. The smallest absolute Gasteiger partial charge is 0.186 e. The third-order valence-electron chi connectivity index (χ3n) is 9.03. The summed E-state index contributed by atoms with van der Waals surface area (Å²) in [6.07, 6.45) is -7.74. The summed E-state index contributed by atoms with van der Waals surface area (Å²) >= 11 is 0. The second-order valence-corrected chi connectivity index (χ2v) is 14.7. The van der Waals surface area contributed by atoms with Gasteiger partial charge >= 0.3 is 0 Å². The van der Waals surface area contributed by atoms with Crippen molar-refractivity contribution < 1.29 is 68.8 Å². The fourth-order valence-electron chi connectivity index (χ4n) is 5.73. The van der Waals surface area contributed by atoms with Crippen molar-refractivity contribution in [2.45, 2.75) is 160 Å². The molecule has 0 radical (unpaired) electrons. The Labute approximate surface area is 295 Å². The highest BCUT2D eigenvalue weighted by Gasteiger charge is 2.43. The minimum absolute atomic E-state index is 0.0242. The molecule has 2 fully saturated rings. The highest BCUT2D eigenvalue weighted by atomic mass is 16.7. The molecule has 10 atom stereocenters. The second kappa shape index (κ2) is 21.7. The SMILES string of the molecule is C[C@@H]1O[C@@H](OCCCC(=O)CN(CC(=O)CCCCCCC(=O)C(C)(C)C)CC(=O)CCCO[C@@H]2O[C@@H](C)[C@@H](O)[C@@H](O)[C@@H]2O)[C@@H](O)[C@H](O)[C@@H]1O. The molecule has 0 saturated carbocycles. The molecule has 0 aliphatic carbocycles. The summed E-state index contributed by atoms with van der Waals surface area (Å²) in [4.78, 5) is 52.3. The molecule has 50 heavy (non-hydrogen) atoms. The van der Waals surface area contributed by atoms with Crippen LogP contribution in [-0.2, 0) is 38.1 Å². The normalized spacial score (nSPS) is 30.4. The van der Waals surface area contributed by atoms with Crippen LogP contribution in [0.15, 0.2) is 0 Å². The lowest BCUT2D eigenvalue weighted by Crippen LogP contribution is -2.57. The van der Waals surface area contributed by atoms with Crippen LogP contribution >= 0.6 is 0 Å². The van der Waals surface area contributed by atoms with Gasteiger partial charge in [-0.1, -0.05) is 33.6 Å². The summed E-state index contributed by atoms with van der Waals surface area (Å²) in [6, 6.07) is 0. The van der Waals surface area contributed by atoms with Crippen LogP contribution in [0.3, 0.4) is 0 Å². The number of aliphatic hydroxyl groups excluding tert-OH is 6. The van der Waals surface area contributed by atoms with Crippen LogP contribution in [0, 0.1) is 5.41 Å². The van der Waals surface area contributed by atoms with Gasteiger partial charge in [-0.25, -0.2) is 0 Å². The van der Waals surface area contributed by atoms with Crippen molar-refractivity contribution in [3.8, 4) is 0 Å². The largest absolute Gasteiger partial charge is 0.388 e. The number of ether oxygens (including phenoxy) is 4. The number of hydrogen-bond donors (Lipinski definition) is 6. The van der Waals surface area contributed by atoms with E-state index in [1.54, 1.807) is 0 Å². The average Bonchev–Trinajstić information content (AvgIpc) is 3.04. The van der Waals surface area contributed by atoms with E-state index in [2.05, 4.69) is 0 Å². The summed E-state index contributed by atoms with van der Waals surface area (Å²) in [7, 11) is 0. The van der Waals surface area contributed by atoms with Crippen LogP contribution in [0.1, 0.15) is 98.8 Å². The predicted octanol–water partition coefficient (Wildman–Crippen LogP) is 0.200. The second-order valence-electron chi connectivity index (χ2n) is 14.7. The number of Topliss-reactive ketones (excluding diaryl/α,β-unsaturated/α-hetero) is 4. The molecule has 15 nitrogen and oxygen atoms in total. The first-order chi connectivity index (χ1) is 23.4. The Morgan fingerprint density at radius 2 is 0.900 bits per heavy atom. The molecule has 0 aromatic rings. The van der Waals surface area contributed by atoms with Gasteiger partial charge in [0.2, 0.25) is 0 Å². The van der Waals surface area contributed by atoms with Gasteiger partial charge < -0.3 is 49.6 Å². The summed E-state index contributed by atoms with van der Waals surface area (Å²) in [5, 5.41) is 59.8. The van der Waals surface area contributed by atoms with Crippen LogP contribution in [0.2, 0.25) is 0 Å². The van der Waals surface area contributed by atoms with Crippen molar-refractivity contribution >= 4 is 23.1 Å². The number of hydrogen-bond acceptors (Lipinski definition) is 15. The number of unbranched alkanes of at least 4 members (excludes halogenated alkanes) is 3. The minimum atomic E-state index is -1.45. The monoisotopic (exact) mass is 719 g/mol. The molecule has 2 rings (SSSR count). The van der Waals surface area contributed by atoms with Crippen molar-refractivity contribution in [1.82, 2.24) is 4.90 Å². The Kier molecular flexibility index (Phi) is 19.3. The van der Waals surface area contributed by atoms with Crippen molar-refractivity contribution in [3.63, 3.8) is 0 Å². The van der Waals surface area contributed by atoms with Gasteiger partial charge in [0, 0.05) is 31.1 Å². The molecule has 0 aromatic heterocycles. The minimum Gasteiger partial charge on any atom is -0.388 e. The fourth-order valence-corrected chi connectivity index (χ4v) is 5.73. The van der Waals surface area contributed by atoms with E-state index in [-0.39, 0.29) is 93.5 Å². The fraction of sp³-hybridized carbons (Fsp3) is 0.886. The van der Waals surface area contributed by atoms with Gasteiger partial charge in [0.1, 0.15) is 59.8 Å². The first-order valence-corrected chi connectivity index (χ1v) is 17.9. The van der Waals surface area contributed by atoms with E-state index in [1.165, 1.54) is 18.7 Å². The van der Waals surface area contributed by atoms with E-state index in [4.69, 9.17) is 18.9 Å². The van der Waals surface area contributed by atoms with Crippen molar-refractivity contribution in [1.29, 1.82) is 0 Å². The van der Waals surface area contributed by atoms with Crippen LogP contribution < -0.4 is 0 Å². The Hall–Kier alpha value is -1.76. The molecular formula is C35H61NO14. The molecule has 290 valence electrons. The van der Waals surface area contributed by atoms with Gasteiger partial charge in [-0.2, -0.15) is 0 Å². The number of nitrogens with zero attached hydrogens (tertiary/aromatic N) is 1. The zero-order chi connectivity index (χ0) is 37.6. The molecule has 0 amide bonds. The predicted molar refractivity (Wildman–Crippen MR) is 179 cm³/mol. The maximum atomic E-state index is 12.9. The number of carbonyl (C=O) groups is 4. The van der Waals surface area contributed by atoms with Crippen LogP contribution in [0.25, 0.3) is 0 Å². The molecule has 2 saturated heterocycles. The average molecular weight is 720 g/mol. The quantitative estimate of drug-likeness (QED) is 0.0775. The zero-order valence-electron chi connectivity index (χ0n) is 30.3. The van der Waals surface area contributed by atoms with Gasteiger partial charge in [0.15, 0.2) is 12.6 Å². The molecule has 0 aromatic carbocycles. The Balaban J connectivity index is 1.82. The Bertz CT molecular complexity index is 1010. The third-order valence-corrected chi connectivity index (χ3v) is 9.03. The maximum absolute atomic E-state index is 12.9. The van der Waals surface area contributed by atoms with E-state index in [0.717, 1.165) is 19.3 Å². The molecule has 0 bridgehead atoms. The third kappa shape index (κ3) is 15.1. The lowest BCUT2D eigenvalue weighted by Gasteiger charge is -2.38. The zero-order valence-corrected chi connectivity index (χ0v) is 30.3. The number of rotatable bonds is 23. The standard InChI is InChI=1S/C35H61NO14/c1-21-27(41)29(43)31(45)33(49-21)47-16-10-13-24(38)19-36(18-23(37)12-8-6-7-9-15-26(40)35(3,4)5)20-25(39)14-11-17-48-34-32(46)30(44)28(42)22(2)50-34/h21-22,27-34,41-46H,6-20H2,1-5H3/t21-,22-,27+,28+,29+,30+,31-,32-,33+,34+/m0/s1. The van der Waals surface area contributed by atoms with Crippen LogP contribution in [0.4, 0.5) is 0 Å². The molecule has 2 heterocycles. The lowest BCUT2D eigenvalue weighted by molar-refractivity contribution is -0.293. The van der Waals surface area contributed by atoms with E-state index < -0.39 is 61.4 Å². The van der Waals surface area contributed by atoms with E-state index in [1.807, 2.05) is 20.8 Å². The Morgan fingerprint density at radius 1 is 0.540 bits per heavy atom. The van der Waals surface area contributed by atoms with Gasteiger partial charge in [-0.3, -0.25) is 24.1 Å². The van der Waals surface area contributed by atoms with Gasteiger partial charge in [0.25, 0.3) is 0 Å². The van der Waals surface area contributed by atoms with E-state index >= 15 is 0 Å². The summed E-state index contributed by atoms with van der Waals surface area (Å²) < 4.78 is 21.8. The Morgan fingerprint density at radius 3 is 1.28 bits per heavy atom. The summed E-state index contributed by atoms with van der Waals surface area (Å²) in [5.74, 6) is -0.362. The summed E-state index contributed by atoms with van der Waals surface area (Å²) in [6.45, 7) is 8.42. The number of ketones is 4. The van der Waals surface area contributed by atoms with Gasteiger partial charge in [-0.05, 0) is 39.5 Å².